The summed E-state index contributed by atoms with van der Waals surface area (Å²) in [6, 6.07) is 22.2. The average molecular weight is 423 g/mol. The molecule has 1 unspecified atom stereocenters. The van der Waals surface area contributed by atoms with Crippen molar-refractivity contribution < 1.29 is 9.53 Å². The van der Waals surface area contributed by atoms with Crippen LogP contribution >= 0.6 is 11.6 Å². The molecule has 1 N–H and O–H groups in total. The summed E-state index contributed by atoms with van der Waals surface area (Å²) in [5.74, 6) is 0.953. The molecule has 0 aromatic heterocycles. The molecule has 5 heteroatoms. The number of ether oxygens (including phenoxy) is 1. The molecular formula is C25H27ClN2O2. The molecule has 3 aromatic rings. The fourth-order valence-electron chi connectivity index (χ4n) is 4.03. The zero-order valence-corrected chi connectivity index (χ0v) is 17.8. The van der Waals surface area contributed by atoms with E-state index in [2.05, 4.69) is 34.5 Å². The van der Waals surface area contributed by atoms with Crippen LogP contribution in [-0.2, 0) is 11.3 Å². The molecule has 0 aliphatic carbocycles. The van der Waals surface area contributed by atoms with Gasteiger partial charge in [-0.3, -0.25) is 9.69 Å². The van der Waals surface area contributed by atoms with Crippen molar-refractivity contribution in [3.8, 4) is 5.75 Å². The second-order valence-electron chi connectivity index (χ2n) is 7.81. The highest BCUT2D eigenvalue weighted by molar-refractivity contribution is 6.31. The normalized spacial score (nSPS) is 17.0. The largest absolute Gasteiger partial charge is 0.492 e. The van der Waals surface area contributed by atoms with E-state index in [9.17, 15) is 4.79 Å². The molecule has 0 radical (unpaired) electrons. The molecule has 30 heavy (non-hydrogen) atoms. The van der Waals surface area contributed by atoms with E-state index in [4.69, 9.17) is 16.3 Å². The van der Waals surface area contributed by atoms with Crippen molar-refractivity contribution in [1.29, 1.82) is 0 Å². The molecule has 1 saturated heterocycles. The number of carbonyl (C=O) groups is 1. The molecule has 1 atom stereocenters. The van der Waals surface area contributed by atoms with Crippen LogP contribution in [0, 0.1) is 5.92 Å². The summed E-state index contributed by atoms with van der Waals surface area (Å²) in [4.78, 5) is 14.9. The molecule has 1 heterocycles. The SMILES string of the molecule is O=C(NCCOc1ccc2ccccc2c1)C1CCCN(Cc2ccccc2Cl)C1. The van der Waals surface area contributed by atoms with Gasteiger partial charge in [0.25, 0.3) is 0 Å². The van der Waals surface area contributed by atoms with Gasteiger partial charge in [0.2, 0.25) is 5.91 Å². The smallest absolute Gasteiger partial charge is 0.224 e. The molecule has 0 spiro atoms. The van der Waals surface area contributed by atoms with Crippen LogP contribution in [0.5, 0.6) is 5.75 Å². The number of piperidine rings is 1. The van der Waals surface area contributed by atoms with Crippen molar-refractivity contribution in [3.05, 3.63) is 77.3 Å². The number of carbonyl (C=O) groups excluding carboxylic acids is 1. The number of fused-ring (bicyclic) bond motifs is 1. The van der Waals surface area contributed by atoms with Crippen LogP contribution in [0.25, 0.3) is 10.8 Å². The molecule has 1 aliphatic heterocycles. The molecule has 0 bridgehead atoms. The Kier molecular flexibility index (Phi) is 6.88. The minimum absolute atomic E-state index is 0.0157. The number of hydrogen-bond donors (Lipinski definition) is 1. The number of nitrogens with one attached hydrogen (secondary N) is 1. The van der Waals surface area contributed by atoms with E-state index in [1.54, 1.807) is 0 Å². The first kappa shape index (κ1) is 20.7. The van der Waals surface area contributed by atoms with Gasteiger partial charge >= 0.3 is 0 Å². The second kappa shape index (κ2) is 9.96. The van der Waals surface area contributed by atoms with Gasteiger partial charge in [0, 0.05) is 18.1 Å². The highest BCUT2D eigenvalue weighted by Crippen LogP contribution is 2.23. The lowest BCUT2D eigenvalue weighted by Gasteiger charge is -2.32. The third kappa shape index (κ3) is 5.32. The topological polar surface area (TPSA) is 41.6 Å². The van der Waals surface area contributed by atoms with Crippen LogP contribution < -0.4 is 10.1 Å². The van der Waals surface area contributed by atoms with Gasteiger partial charge in [0.1, 0.15) is 12.4 Å². The predicted octanol–water partition coefficient (Wildman–Crippen LogP) is 4.90. The minimum atomic E-state index is 0.0157. The number of hydrogen-bond acceptors (Lipinski definition) is 3. The first-order valence-electron chi connectivity index (χ1n) is 10.5. The fraction of sp³-hybridized carbons (Fsp3) is 0.320. The quantitative estimate of drug-likeness (QED) is 0.550. The average Bonchev–Trinajstić information content (AvgIpc) is 2.78. The van der Waals surface area contributed by atoms with E-state index in [0.717, 1.165) is 54.2 Å². The first-order valence-corrected chi connectivity index (χ1v) is 10.9. The van der Waals surface area contributed by atoms with Gasteiger partial charge in [-0.05, 0) is 53.9 Å². The van der Waals surface area contributed by atoms with Gasteiger partial charge in [-0.2, -0.15) is 0 Å². The number of halogens is 1. The third-order valence-electron chi connectivity index (χ3n) is 5.62. The van der Waals surface area contributed by atoms with Crippen LogP contribution in [0.4, 0.5) is 0 Å². The van der Waals surface area contributed by atoms with Gasteiger partial charge in [-0.1, -0.05) is 60.1 Å². The number of likely N-dealkylation sites (tertiary alicyclic amines) is 1. The predicted molar refractivity (Wildman–Crippen MR) is 122 cm³/mol. The summed E-state index contributed by atoms with van der Waals surface area (Å²) in [6.45, 7) is 3.52. The van der Waals surface area contributed by atoms with Crippen molar-refractivity contribution >= 4 is 28.3 Å². The zero-order chi connectivity index (χ0) is 20.8. The molecule has 3 aromatic carbocycles. The van der Waals surface area contributed by atoms with Crippen molar-refractivity contribution in [3.63, 3.8) is 0 Å². The molecule has 1 fully saturated rings. The van der Waals surface area contributed by atoms with Gasteiger partial charge in [0.05, 0.1) is 12.5 Å². The van der Waals surface area contributed by atoms with Gasteiger partial charge in [-0.15, -0.1) is 0 Å². The van der Waals surface area contributed by atoms with Crippen molar-refractivity contribution in [2.75, 3.05) is 26.2 Å². The lowest BCUT2D eigenvalue weighted by atomic mass is 9.96. The van der Waals surface area contributed by atoms with Gasteiger partial charge in [0.15, 0.2) is 0 Å². The van der Waals surface area contributed by atoms with Crippen molar-refractivity contribution in [2.24, 2.45) is 5.92 Å². The van der Waals surface area contributed by atoms with E-state index >= 15 is 0 Å². The summed E-state index contributed by atoms with van der Waals surface area (Å²) in [5.41, 5.74) is 1.11. The Hall–Kier alpha value is -2.56. The molecule has 4 rings (SSSR count). The molecular weight excluding hydrogens is 396 g/mol. The van der Waals surface area contributed by atoms with Crippen LogP contribution in [0.15, 0.2) is 66.7 Å². The minimum Gasteiger partial charge on any atom is -0.492 e. The maximum absolute atomic E-state index is 12.6. The molecule has 1 amide bonds. The Morgan fingerprint density at radius 3 is 2.73 bits per heavy atom. The van der Waals surface area contributed by atoms with E-state index in [1.807, 2.05) is 42.5 Å². The highest BCUT2D eigenvalue weighted by atomic mass is 35.5. The van der Waals surface area contributed by atoms with E-state index in [0.29, 0.717) is 13.2 Å². The maximum Gasteiger partial charge on any atom is 0.224 e. The Morgan fingerprint density at radius 1 is 1.07 bits per heavy atom. The molecule has 0 saturated carbocycles. The second-order valence-corrected chi connectivity index (χ2v) is 8.22. The van der Waals surface area contributed by atoms with E-state index in [1.165, 1.54) is 5.39 Å². The van der Waals surface area contributed by atoms with E-state index < -0.39 is 0 Å². The highest BCUT2D eigenvalue weighted by Gasteiger charge is 2.25. The number of benzene rings is 3. The fourth-order valence-corrected chi connectivity index (χ4v) is 4.22. The maximum atomic E-state index is 12.6. The third-order valence-corrected chi connectivity index (χ3v) is 5.99. The molecule has 156 valence electrons. The number of rotatable bonds is 7. The Labute approximate surface area is 182 Å². The summed E-state index contributed by atoms with van der Waals surface area (Å²) >= 11 is 6.29. The standard InChI is InChI=1S/C25H27ClN2O2/c26-24-10-4-3-8-21(24)17-28-14-5-9-22(18-28)25(29)27-13-15-30-23-12-11-19-6-1-2-7-20(19)16-23/h1-4,6-8,10-12,16,22H,5,9,13-15,17-18H2,(H,27,29). The first-order chi connectivity index (χ1) is 14.7. The Balaban J connectivity index is 1.23. The summed E-state index contributed by atoms with van der Waals surface area (Å²) in [6.07, 6.45) is 1.95. The summed E-state index contributed by atoms with van der Waals surface area (Å²) < 4.78 is 5.83. The Bertz CT molecular complexity index is 1010. The van der Waals surface area contributed by atoms with Crippen LogP contribution in [0.2, 0.25) is 5.02 Å². The molecule has 1 aliphatic rings. The number of amides is 1. The van der Waals surface area contributed by atoms with Crippen molar-refractivity contribution in [2.45, 2.75) is 19.4 Å². The van der Waals surface area contributed by atoms with Crippen LogP contribution in [0.1, 0.15) is 18.4 Å². The lowest BCUT2D eigenvalue weighted by molar-refractivity contribution is -0.126. The molecule has 4 nitrogen and oxygen atoms in total. The van der Waals surface area contributed by atoms with Gasteiger partial charge in [-0.25, -0.2) is 0 Å². The summed E-state index contributed by atoms with van der Waals surface area (Å²) in [7, 11) is 0. The summed E-state index contributed by atoms with van der Waals surface area (Å²) in [5, 5.41) is 6.17. The lowest BCUT2D eigenvalue weighted by Crippen LogP contribution is -2.43. The van der Waals surface area contributed by atoms with Gasteiger partial charge < -0.3 is 10.1 Å². The number of nitrogens with zero attached hydrogens (tertiary/aromatic N) is 1. The zero-order valence-electron chi connectivity index (χ0n) is 17.0. The monoisotopic (exact) mass is 422 g/mol. The van der Waals surface area contributed by atoms with Crippen LogP contribution in [-0.4, -0.2) is 37.0 Å². The van der Waals surface area contributed by atoms with Crippen LogP contribution in [0.3, 0.4) is 0 Å². The van der Waals surface area contributed by atoms with Crippen molar-refractivity contribution in [1.82, 2.24) is 10.2 Å². The Morgan fingerprint density at radius 2 is 1.87 bits per heavy atom. The van der Waals surface area contributed by atoms with E-state index in [-0.39, 0.29) is 11.8 Å².